The molecular weight excluding hydrogens is 874 g/mol. The zero-order chi connectivity index (χ0) is 43.1. The van der Waals surface area contributed by atoms with Crippen LogP contribution in [0.5, 0.6) is 11.5 Å². The molecule has 0 unspecified atom stereocenters. The first-order valence-corrected chi connectivity index (χ1v) is 20.3. The molecule has 0 spiro atoms. The summed E-state index contributed by atoms with van der Waals surface area (Å²) in [5.74, 6) is 0.573. The molecule has 6 aromatic carbocycles. The van der Waals surface area contributed by atoms with Crippen LogP contribution in [0.2, 0.25) is 0 Å². The van der Waals surface area contributed by atoms with Gasteiger partial charge in [0.15, 0.2) is 0 Å². The number of carbonyl (C=O) groups is 2. The van der Waals surface area contributed by atoms with Crippen LogP contribution in [0.15, 0.2) is 146 Å². The van der Waals surface area contributed by atoms with Crippen molar-refractivity contribution in [2.45, 2.75) is 46.2 Å². The Balaban J connectivity index is 0.000000213. The minimum absolute atomic E-state index is 0.0173. The molecule has 10 nitrogen and oxygen atoms in total. The van der Waals surface area contributed by atoms with Gasteiger partial charge in [-0.05, 0) is 116 Å². The van der Waals surface area contributed by atoms with Crippen LogP contribution >= 0.6 is 22.6 Å². The number of carboxylic acid groups (broad SMARTS) is 1. The highest BCUT2D eigenvalue weighted by atomic mass is 127. The topological polar surface area (TPSA) is 141 Å². The molecule has 0 aromatic heterocycles. The molecule has 0 saturated carbocycles. The van der Waals surface area contributed by atoms with E-state index in [2.05, 4.69) is 34.7 Å². The summed E-state index contributed by atoms with van der Waals surface area (Å²) in [5, 5.41) is 26.8. The van der Waals surface area contributed by atoms with Crippen LogP contribution in [-0.2, 0) is 63.1 Å². The monoisotopic (exact) mass is 924 g/mol. The average molecular weight is 925 g/mol. The number of methoxy groups -OCH3 is 2. The molecule has 0 aliphatic rings. The first-order valence-electron chi connectivity index (χ1n) is 19.2. The first-order chi connectivity index (χ1) is 29.1. The molecule has 312 valence electrons. The fourth-order valence-electron chi connectivity index (χ4n) is 5.96. The third kappa shape index (κ3) is 16.6. The lowest BCUT2D eigenvalue weighted by Gasteiger charge is -2.11. The highest BCUT2D eigenvalue weighted by Crippen LogP contribution is 2.27. The van der Waals surface area contributed by atoms with Gasteiger partial charge in [0.1, 0.15) is 24.7 Å². The molecule has 0 aliphatic heterocycles. The van der Waals surface area contributed by atoms with Crippen LogP contribution in [-0.4, -0.2) is 55.0 Å². The Morgan fingerprint density at radius 2 is 1.08 bits per heavy atom. The number of carboxylic acids is 1. The number of halogens is 1. The summed E-state index contributed by atoms with van der Waals surface area (Å²) in [7, 11) is 1.84. The van der Waals surface area contributed by atoms with Crippen molar-refractivity contribution in [1.82, 2.24) is 0 Å². The fourth-order valence-corrected chi connectivity index (χ4v) is 6.32. The predicted molar refractivity (Wildman–Crippen MR) is 242 cm³/mol. The van der Waals surface area contributed by atoms with Crippen LogP contribution in [0.4, 0.5) is 0 Å². The van der Waals surface area contributed by atoms with E-state index in [1.165, 1.54) is 3.57 Å². The highest BCUT2D eigenvalue weighted by molar-refractivity contribution is 14.1. The van der Waals surface area contributed by atoms with E-state index in [0.29, 0.717) is 44.9 Å². The molecule has 6 aromatic rings. The molecular formula is C48H50BIO10. The van der Waals surface area contributed by atoms with Crippen LogP contribution in [0.25, 0.3) is 11.1 Å². The lowest BCUT2D eigenvalue weighted by molar-refractivity contribution is -0.142. The van der Waals surface area contributed by atoms with E-state index in [1.807, 2.05) is 122 Å². The minimum atomic E-state index is -1.42. The predicted octanol–water partition coefficient (Wildman–Crippen LogP) is 8.19. The molecule has 60 heavy (non-hydrogen) atoms. The zero-order valence-corrected chi connectivity index (χ0v) is 36.1. The SMILES string of the molecule is CCOC(=O)Cc1cccc(COc2ccc(I)cc2)c1.COCc1ccccc1-c1ccc(OCc2cccc(CC(=O)O)c2)cc1.COCc1ccccc1B(O)O. The van der Waals surface area contributed by atoms with E-state index < -0.39 is 13.1 Å². The average Bonchev–Trinajstić information content (AvgIpc) is 3.24. The van der Waals surface area contributed by atoms with Gasteiger partial charge in [-0.25, -0.2) is 0 Å². The third-order valence-electron chi connectivity index (χ3n) is 8.73. The Morgan fingerprint density at radius 1 is 0.583 bits per heavy atom. The second-order valence-corrected chi connectivity index (χ2v) is 14.6. The van der Waals surface area contributed by atoms with Crippen molar-refractivity contribution in [3.8, 4) is 22.6 Å². The Hall–Kier alpha value is -5.51. The van der Waals surface area contributed by atoms with Gasteiger partial charge >= 0.3 is 19.1 Å². The molecule has 0 amide bonds. The van der Waals surface area contributed by atoms with Crippen molar-refractivity contribution in [2.75, 3.05) is 20.8 Å². The Labute approximate surface area is 366 Å². The lowest BCUT2D eigenvalue weighted by Crippen LogP contribution is -2.33. The zero-order valence-electron chi connectivity index (χ0n) is 34.0. The van der Waals surface area contributed by atoms with Crippen molar-refractivity contribution in [2.24, 2.45) is 0 Å². The van der Waals surface area contributed by atoms with Crippen molar-refractivity contribution < 1.29 is 48.4 Å². The number of ether oxygens (including phenoxy) is 5. The van der Waals surface area contributed by atoms with E-state index in [4.69, 9.17) is 38.8 Å². The number of benzene rings is 6. The summed E-state index contributed by atoms with van der Waals surface area (Å²) in [5.41, 5.74) is 8.40. The lowest BCUT2D eigenvalue weighted by atomic mass is 9.77. The van der Waals surface area contributed by atoms with Gasteiger partial charge in [-0.2, -0.15) is 0 Å². The van der Waals surface area contributed by atoms with E-state index in [1.54, 1.807) is 32.4 Å². The Morgan fingerprint density at radius 3 is 1.63 bits per heavy atom. The Bertz CT molecular complexity index is 2210. The summed E-state index contributed by atoms with van der Waals surface area (Å²) in [4.78, 5) is 22.3. The minimum Gasteiger partial charge on any atom is -0.489 e. The number of carbonyl (C=O) groups excluding carboxylic acids is 1. The summed E-state index contributed by atoms with van der Waals surface area (Å²) < 4.78 is 27.9. The normalized spacial score (nSPS) is 10.3. The maximum absolute atomic E-state index is 11.5. The Kier molecular flexibility index (Phi) is 20.3. The van der Waals surface area contributed by atoms with Gasteiger partial charge in [0.05, 0.1) is 32.7 Å². The van der Waals surface area contributed by atoms with Crippen molar-refractivity contribution in [3.05, 3.63) is 183 Å². The van der Waals surface area contributed by atoms with Crippen LogP contribution < -0.4 is 14.9 Å². The van der Waals surface area contributed by atoms with Crippen molar-refractivity contribution >= 4 is 47.1 Å². The largest absolute Gasteiger partial charge is 0.489 e. The van der Waals surface area contributed by atoms with Crippen molar-refractivity contribution in [3.63, 3.8) is 0 Å². The molecule has 3 N–H and O–H groups in total. The number of aliphatic carboxylic acids is 1. The number of rotatable bonds is 17. The van der Waals surface area contributed by atoms with Gasteiger partial charge < -0.3 is 38.8 Å². The molecule has 0 atom stereocenters. The molecule has 0 heterocycles. The second-order valence-electron chi connectivity index (χ2n) is 13.3. The van der Waals surface area contributed by atoms with E-state index in [-0.39, 0.29) is 12.4 Å². The molecule has 12 heteroatoms. The second kappa shape index (κ2) is 25.9. The van der Waals surface area contributed by atoms with E-state index >= 15 is 0 Å². The van der Waals surface area contributed by atoms with E-state index in [9.17, 15) is 9.59 Å². The summed E-state index contributed by atoms with van der Waals surface area (Å²) in [6, 6.07) is 46.4. The van der Waals surface area contributed by atoms with Gasteiger partial charge in [-0.3, -0.25) is 9.59 Å². The number of hydrogen-bond donors (Lipinski definition) is 3. The molecule has 0 bridgehead atoms. The maximum Gasteiger partial charge on any atom is 0.488 e. The van der Waals surface area contributed by atoms with Crippen molar-refractivity contribution in [1.29, 1.82) is 0 Å². The van der Waals surface area contributed by atoms with Gasteiger partial charge in [0.2, 0.25) is 0 Å². The molecule has 6 rings (SSSR count). The smallest absolute Gasteiger partial charge is 0.488 e. The van der Waals surface area contributed by atoms with Crippen LogP contribution in [0.3, 0.4) is 0 Å². The molecule has 0 saturated heterocycles. The first kappa shape index (κ1) is 47.2. The molecule has 0 fully saturated rings. The molecule has 0 aliphatic carbocycles. The van der Waals surface area contributed by atoms with Gasteiger partial charge in [0.25, 0.3) is 0 Å². The summed E-state index contributed by atoms with van der Waals surface area (Å²) in [6.07, 6.45) is 0.314. The number of esters is 1. The van der Waals surface area contributed by atoms with Crippen LogP contribution in [0.1, 0.15) is 40.3 Å². The number of hydrogen-bond acceptors (Lipinski definition) is 9. The highest BCUT2D eigenvalue weighted by Gasteiger charge is 2.14. The quantitative estimate of drug-likeness (QED) is 0.0466. The van der Waals surface area contributed by atoms with E-state index in [0.717, 1.165) is 56.0 Å². The summed E-state index contributed by atoms with van der Waals surface area (Å²) in [6.45, 7) is 4.07. The molecule has 0 radical (unpaired) electrons. The summed E-state index contributed by atoms with van der Waals surface area (Å²) >= 11 is 2.26. The third-order valence-corrected chi connectivity index (χ3v) is 9.45. The standard InChI is InChI=1S/C23H22O4.C17H17IO3.C8H11BO3/c1-26-16-20-7-2-3-8-22(20)19-9-11-21(12-10-19)27-15-18-6-4-5-17(13-18)14-23(24)25;1-2-20-17(19)11-13-4-3-5-14(10-13)12-21-16-8-6-15(18)7-9-16;1-12-6-7-4-2-3-5-8(7)9(10)11/h2-13H,14-16H2,1H3,(H,24,25);3-10H,2,11-12H2,1H3;2-5,10-11H,6H2,1H3. The van der Waals surface area contributed by atoms with Gasteiger partial charge in [-0.1, -0.05) is 109 Å². The van der Waals surface area contributed by atoms with Gasteiger partial charge in [0, 0.05) is 17.8 Å². The van der Waals surface area contributed by atoms with Crippen LogP contribution in [0, 0.1) is 3.57 Å². The fraction of sp³-hybridized carbons (Fsp3) is 0.208. The maximum atomic E-state index is 11.5. The van der Waals surface area contributed by atoms with Gasteiger partial charge in [-0.15, -0.1) is 0 Å².